The summed E-state index contributed by atoms with van der Waals surface area (Å²) in [4.78, 5) is 18.5. The van der Waals surface area contributed by atoms with Gasteiger partial charge in [-0.05, 0) is 37.6 Å². The molecule has 6 nitrogen and oxygen atoms in total. The maximum absolute atomic E-state index is 12.3. The summed E-state index contributed by atoms with van der Waals surface area (Å²) >= 11 is 0. The number of aryl methyl sites for hydroxylation is 1. The largest absolute Gasteiger partial charge is 0.459 e. The summed E-state index contributed by atoms with van der Waals surface area (Å²) < 4.78 is 17.2. The zero-order valence-electron chi connectivity index (χ0n) is 14.3. The summed E-state index contributed by atoms with van der Waals surface area (Å²) in [6.07, 6.45) is 3.33. The molecule has 0 radical (unpaired) electrons. The SMILES string of the molecule is Cc1cccc(CO[C@@H]2CCOC3(C2)CN(C(=O)c2ccco2)C3)n1. The van der Waals surface area contributed by atoms with E-state index >= 15 is 0 Å². The lowest BCUT2D eigenvalue weighted by Crippen LogP contribution is -2.67. The van der Waals surface area contributed by atoms with Crippen LogP contribution in [-0.2, 0) is 16.1 Å². The molecule has 0 unspecified atom stereocenters. The molecule has 6 heteroatoms. The van der Waals surface area contributed by atoms with E-state index in [9.17, 15) is 4.79 Å². The third-order valence-electron chi connectivity index (χ3n) is 4.84. The number of likely N-dealkylation sites (tertiary alicyclic amines) is 1. The first-order valence-electron chi connectivity index (χ1n) is 8.64. The van der Waals surface area contributed by atoms with Crippen molar-refractivity contribution in [2.75, 3.05) is 19.7 Å². The van der Waals surface area contributed by atoms with E-state index in [1.54, 1.807) is 17.0 Å². The zero-order valence-corrected chi connectivity index (χ0v) is 14.3. The monoisotopic (exact) mass is 342 g/mol. The lowest BCUT2D eigenvalue weighted by atomic mass is 9.84. The summed E-state index contributed by atoms with van der Waals surface area (Å²) in [5.74, 6) is 0.301. The van der Waals surface area contributed by atoms with E-state index in [0.29, 0.717) is 32.1 Å². The van der Waals surface area contributed by atoms with Crippen LogP contribution in [0.25, 0.3) is 0 Å². The number of carbonyl (C=O) groups excluding carboxylic acids is 1. The van der Waals surface area contributed by atoms with E-state index in [4.69, 9.17) is 13.9 Å². The van der Waals surface area contributed by atoms with Gasteiger partial charge in [0.1, 0.15) is 5.60 Å². The molecule has 1 spiro atoms. The van der Waals surface area contributed by atoms with Gasteiger partial charge in [0.15, 0.2) is 5.76 Å². The Balaban J connectivity index is 1.31. The van der Waals surface area contributed by atoms with Gasteiger partial charge in [-0.25, -0.2) is 0 Å². The van der Waals surface area contributed by atoms with Crippen LogP contribution in [0.15, 0.2) is 41.0 Å². The number of pyridine rings is 1. The molecule has 1 atom stereocenters. The third-order valence-corrected chi connectivity index (χ3v) is 4.84. The summed E-state index contributed by atoms with van der Waals surface area (Å²) in [5, 5.41) is 0. The summed E-state index contributed by atoms with van der Waals surface area (Å²) in [6.45, 7) is 4.34. The molecular formula is C19H22N2O4. The molecule has 2 fully saturated rings. The second-order valence-corrected chi connectivity index (χ2v) is 6.87. The molecular weight excluding hydrogens is 320 g/mol. The quantitative estimate of drug-likeness (QED) is 0.854. The van der Waals surface area contributed by atoms with Crippen LogP contribution in [0.3, 0.4) is 0 Å². The highest BCUT2D eigenvalue weighted by Crippen LogP contribution is 2.36. The fraction of sp³-hybridized carbons (Fsp3) is 0.474. The standard InChI is InChI=1S/C19H22N2O4/c1-14-4-2-5-15(20-14)11-24-16-7-9-25-19(10-16)12-21(13-19)18(22)17-6-3-8-23-17/h2-6,8,16H,7,9-13H2,1H3/t16-/m1/s1. The Kier molecular flexibility index (Phi) is 4.31. The molecule has 0 bridgehead atoms. The Morgan fingerprint density at radius 3 is 3.00 bits per heavy atom. The van der Waals surface area contributed by atoms with Gasteiger partial charge in [-0.15, -0.1) is 0 Å². The third kappa shape index (κ3) is 3.45. The van der Waals surface area contributed by atoms with Crippen LogP contribution >= 0.6 is 0 Å². The van der Waals surface area contributed by atoms with Crippen molar-refractivity contribution in [2.24, 2.45) is 0 Å². The maximum atomic E-state index is 12.3. The van der Waals surface area contributed by atoms with Gasteiger partial charge in [0.2, 0.25) is 0 Å². The lowest BCUT2D eigenvalue weighted by Gasteiger charge is -2.52. The number of rotatable bonds is 4. The average molecular weight is 342 g/mol. The predicted molar refractivity (Wildman–Crippen MR) is 90.1 cm³/mol. The predicted octanol–water partition coefficient (Wildman–Crippen LogP) is 2.57. The van der Waals surface area contributed by atoms with Gasteiger partial charge >= 0.3 is 0 Å². The number of aromatic nitrogens is 1. The smallest absolute Gasteiger partial charge is 0.289 e. The Bertz CT molecular complexity index is 738. The first-order chi connectivity index (χ1) is 12.1. The van der Waals surface area contributed by atoms with Crippen molar-refractivity contribution < 1.29 is 18.7 Å². The van der Waals surface area contributed by atoms with E-state index < -0.39 is 0 Å². The molecule has 1 amide bonds. The van der Waals surface area contributed by atoms with Gasteiger partial charge in [0.25, 0.3) is 5.91 Å². The van der Waals surface area contributed by atoms with Crippen LogP contribution in [-0.4, -0.2) is 47.2 Å². The van der Waals surface area contributed by atoms with Crippen molar-refractivity contribution in [1.29, 1.82) is 0 Å². The summed E-state index contributed by atoms with van der Waals surface area (Å²) in [5.41, 5.74) is 1.67. The molecule has 4 rings (SSSR count). The van der Waals surface area contributed by atoms with Crippen LogP contribution in [0.5, 0.6) is 0 Å². The second-order valence-electron chi connectivity index (χ2n) is 6.87. The van der Waals surface area contributed by atoms with Crippen molar-refractivity contribution >= 4 is 5.91 Å². The Morgan fingerprint density at radius 1 is 1.36 bits per heavy atom. The van der Waals surface area contributed by atoms with E-state index in [1.165, 1.54) is 6.26 Å². The van der Waals surface area contributed by atoms with Crippen molar-refractivity contribution in [1.82, 2.24) is 9.88 Å². The van der Waals surface area contributed by atoms with E-state index in [-0.39, 0.29) is 17.6 Å². The van der Waals surface area contributed by atoms with Gasteiger partial charge in [-0.2, -0.15) is 0 Å². The van der Waals surface area contributed by atoms with Crippen LogP contribution in [0.4, 0.5) is 0 Å². The maximum Gasteiger partial charge on any atom is 0.289 e. The van der Waals surface area contributed by atoms with Crippen molar-refractivity contribution in [2.45, 2.75) is 38.1 Å². The molecule has 0 saturated carbocycles. The molecule has 132 valence electrons. The number of nitrogens with zero attached hydrogens (tertiary/aromatic N) is 2. The van der Waals surface area contributed by atoms with Crippen LogP contribution < -0.4 is 0 Å². The van der Waals surface area contributed by atoms with Crippen LogP contribution in [0.2, 0.25) is 0 Å². The zero-order chi connectivity index (χ0) is 17.3. The first kappa shape index (κ1) is 16.3. The van der Waals surface area contributed by atoms with Crippen molar-refractivity contribution in [3.8, 4) is 0 Å². The highest BCUT2D eigenvalue weighted by molar-refractivity contribution is 5.92. The number of carbonyl (C=O) groups is 1. The highest BCUT2D eigenvalue weighted by atomic mass is 16.5. The van der Waals surface area contributed by atoms with Gasteiger partial charge in [-0.1, -0.05) is 6.07 Å². The van der Waals surface area contributed by atoms with Gasteiger partial charge in [-0.3, -0.25) is 9.78 Å². The minimum absolute atomic E-state index is 0.0776. The number of amides is 1. The molecule has 2 saturated heterocycles. The minimum atomic E-state index is -0.273. The molecule has 0 aromatic carbocycles. The fourth-order valence-electron chi connectivity index (χ4n) is 3.58. The Labute approximate surface area is 146 Å². The molecule has 2 aliphatic heterocycles. The summed E-state index contributed by atoms with van der Waals surface area (Å²) in [6, 6.07) is 9.37. The number of hydrogen-bond donors (Lipinski definition) is 0. The summed E-state index contributed by atoms with van der Waals surface area (Å²) in [7, 11) is 0. The molecule has 2 aromatic rings. The second kappa shape index (κ2) is 6.61. The molecule has 25 heavy (non-hydrogen) atoms. The van der Waals surface area contributed by atoms with Crippen LogP contribution in [0.1, 0.15) is 34.8 Å². The van der Waals surface area contributed by atoms with Crippen LogP contribution in [0, 0.1) is 6.92 Å². The number of hydrogen-bond acceptors (Lipinski definition) is 5. The number of furan rings is 1. The van der Waals surface area contributed by atoms with Crippen molar-refractivity contribution in [3.05, 3.63) is 53.7 Å². The normalized spacial score (nSPS) is 22.0. The lowest BCUT2D eigenvalue weighted by molar-refractivity contribution is -0.188. The molecule has 2 aliphatic rings. The first-order valence-corrected chi connectivity index (χ1v) is 8.64. The van der Waals surface area contributed by atoms with Crippen molar-refractivity contribution in [3.63, 3.8) is 0 Å². The Hall–Kier alpha value is -2.18. The average Bonchev–Trinajstić information content (AvgIpc) is 3.12. The molecule has 2 aromatic heterocycles. The minimum Gasteiger partial charge on any atom is -0.459 e. The number of ether oxygens (including phenoxy) is 2. The fourth-order valence-corrected chi connectivity index (χ4v) is 3.58. The van der Waals surface area contributed by atoms with Gasteiger partial charge in [0.05, 0.1) is 37.8 Å². The van der Waals surface area contributed by atoms with Gasteiger partial charge in [0, 0.05) is 18.7 Å². The Morgan fingerprint density at radius 2 is 2.24 bits per heavy atom. The molecule has 0 N–H and O–H groups in total. The topological polar surface area (TPSA) is 64.8 Å². The molecule has 4 heterocycles. The molecule has 0 aliphatic carbocycles. The van der Waals surface area contributed by atoms with E-state index in [0.717, 1.165) is 24.2 Å². The highest BCUT2D eigenvalue weighted by Gasteiger charge is 2.50. The van der Waals surface area contributed by atoms with Gasteiger partial charge < -0.3 is 18.8 Å². The van der Waals surface area contributed by atoms with E-state index in [2.05, 4.69) is 4.98 Å². The van der Waals surface area contributed by atoms with E-state index in [1.807, 2.05) is 25.1 Å².